The number of hydrogen-bond donors (Lipinski definition) is 8. The van der Waals surface area contributed by atoms with E-state index in [1.165, 1.54) is 14.0 Å². The standard InChI is InChI=1S/C20H35N7O9/c1-11(22)18(33)24-8-14(28)23-9-15(29)26-13(7-17(31)32)19(34)27(2)10-16(30)25-12(20(35)36)5-3-4-6-21/h11-13H,3-10,21-22H2,1-2H3,(H,23,28)(H,24,33)(H,25,30)(H,26,29)(H,31,32)(H,35,36)/t11-,12-,13-/m0/s1. The highest BCUT2D eigenvalue weighted by Crippen LogP contribution is 2.02. The molecule has 16 heteroatoms. The molecule has 0 aromatic carbocycles. The number of carboxylic acid groups (broad SMARTS) is 2. The summed E-state index contributed by atoms with van der Waals surface area (Å²) in [6.45, 7) is 0.106. The zero-order chi connectivity index (χ0) is 27.8. The molecule has 0 radical (unpaired) electrons. The molecule has 0 aliphatic heterocycles. The molecule has 0 bridgehead atoms. The number of carboxylic acids is 2. The molecule has 0 rings (SSSR count). The van der Waals surface area contributed by atoms with Crippen LogP contribution in [-0.2, 0) is 33.6 Å². The maximum absolute atomic E-state index is 12.7. The van der Waals surface area contributed by atoms with Gasteiger partial charge in [-0.3, -0.25) is 28.8 Å². The zero-order valence-corrected chi connectivity index (χ0v) is 20.2. The molecular formula is C20H35N7O9. The van der Waals surface area contributed by atoms with Crippen LogP contribution in [-0.4, -0.2) is 108 Å². The van der Waals surface area contributed by atoms with Crippen molar-refractivity contribution in [2.75, 3.05) is 33.2 Å². The normalized spacial score (nSPS) is 12.9. The number of carbonyl (C=O) groups is 7. The van der Waals surface area contributed by atoms with E-state index in [0.29, 0.717) is 19.4 Å². The number of carbonyl (C=O) groups excluding carboxylic acids is 5. The third-order valence-electron chi connectivity index (χ3n) is 4.63. The lowest BCUT2D eigenvalue weighted by molar-refractivity contribution is -0.145. The first kappa shape index (κ1) is 32.2. The van der Waals surface area contributed by atoms with Crippen molar-refractivity contribution in [3.8, 4) is 0 Å². The van der Waals surface area contributed by atoms with E-state index in [-0.39, 0.29) is 6.42 Å². The van der Waals surface area contributed by atoms with Crippen molar-refractivity contribution >= 4 is 41.5 Å². The monoisotopic (exact) mass is 517 g/mol. The molecule has 10 N–H and O–H groups in total. The second-order valence-corrected chi connectivity index (χ2v) is 7.94. The Morgan fingerprint density at radius 1 is 0.861 bits per heavy atom. The first-order valence-electron chi connectivity index (χ1n) is 11.1. The highest BCUT2D eigenvalue weighted by Gasteiger charge is 2.28. The van der Waals surface area contributed by atoms with Crippen LogP contribution >= 0.6 is 0 Å². The molecule has 0 spiro atoms. The van der Waals surface area contributed by atoms with Crippen molar-refractivity contribution in [1.82, 2.24) is 26.2 Å². The Labute approximate surface area is 207 Å². The Kier molecular flexibility index (Phi) is 15.0. The quantitative estimate of drug-likeness (QED) is 0.0855. The zero-order valence-electron chi connectivity index (χ0n) is 20.2. The maximum Gasteiger partial charge on any atom is 0.326 e. The first-order chi connectivity index (χ1) is 16.8. The average molecular weight is 518 g/mol. The van der Waals surface area contributed by atoms with E-state index in [2.05, 4.69) is 21.3 Å². The Morgan fingerprint density at radius 3 is 1.97 bits per heavy atom. The van der Waals surface area contributed by atoms with E-state index in [0.717, 1.165) is 4.90 Å². The van der Waals surface area contributed by atoms with Gasteiger partial charge >= 0.3 is 11.9 Å². The van der Waals surface area contributed by atoms with Gasteiger partial charge < -0.3 is 47.8 Å². The van der Waals surface area contributed by atoms with Crippen LogP contribution < -0.4 is 32.7 Å². The molecule has 5 amide bonds. The minimum Gasteiger partial charge on any atom is -0.481 e. The van der Waals surface area contributed by atoms with E-state index in [4.69, 9.17) is 16.6 Å². The van der Waals surface area contributed by atoms with E-state index in [1.807, 2.05) is 0 Å². The van der Waals surface area contributed by atoms with E-state index < -0.39 is 85.7 Å². The van der Waals surface area contributed by atoms with Gasteiger partial charge in [0.2, 0.25) is 29.5 Å². The molecule has 0 saturated heterocycles. The second-order valence-electron chi connectivity index (χ2n) is 7.94. The highest BCUT2D eigenvalue weighted by atomic mass is 16.4. The third kappa shape index (κ3) is 13.8. The largest absolute Gasteiger partial charge is 0.481 e. The molecule has 0 aliphatic carbocycles. The summed E-state index contributed by atoms with van der Waals surface area (Å²) in [6.07, 6.45) is 0.348. The fraction of sp³-hybridized carbons (Fsp3) is 0.650. The van der Waals surface area contributed by atoms with Crippen molar-refractivity contribution < 1.29 is 43.8 Å². The molecule has 16 nitrogen and oxygen atoms in total. The summed E-state index contributed by atoms with van der Waals surface area (Å²) in [6, 6.07) is -3.60. The van der Waals surface area contributed by atoms with Crippen molar-refractivity contribution in [3.63, 3.8) is 0 Å². The second kappa shape index (κ2) is 16.8. The number of nitrogens with two attached hydrogens (primary N) is 2. The molecule has 0 aromatic heterocycles. The van der Waals surface area contributed by atoms with Crippen molar-refractivity contribution in [1.29, 1.82) is 0 Å². The van der Waals surface area contributed by atoms with Crippen LogP contribution in [0, 0.1) is 0 Å². The third-order valence-corrected chi connectivity index (χ3v) is 4.63. The van der Waals surface area contributed by atoms with Gasteiger partial charge in [-0.1, -0.05) is 0 Å². The molecule has 0 aliphatic rings. The first-order valence-corrected chi connectivity index (χ1v) is 11.1. The van der Waals surface area contributed by atoms with E-state index in [9.17, 15) is 38.7 Å². The Bertz CT molecular complexity index is 819. The number of aliphatic carboxylic acids is 2. The van der Waals surface area contributed by atoms with Gasteiger partial charge in [0, 0.05) is 7.05 Å². The van der Waals surface area contributed by atoms with Crippen molar-refractivity contribution in [3.05, 3.63) is 0 Å². The molecule has 0 aromatic rings. The summed E-state index contributed by atoms with van der Waals surface area (Å²) in [5, 5.41) is 27.2. The minimum atomic E-state index is -1.57. The summed E-state index contributed by atoms with van der Waals surface area (Å²) in [7, 11) is 1.18. The summed E-state index contributed by atoms with van der Waals surface area (Å²) in [4.78, 5) is 83.4. The lowest BCUT2D eigenvalue weighted by atomic mass is 10.1. The number of rotatable bonds is 17. The number of nitrogens with zero attached hydrogens (tertiary/aromatic N) is 1. The Hall–Kier alpha value is -3.79. The molecule has 0 heterocycles. The number of likely N-dealkylation sites (N-methyl/N-ethyl adjacent to an activating group) is 1. The van der Waals surface area contributed by atoms with Gasteiger partial charge in [0.05, 0.1) is 32.1 Å². The van der Waals surface area contributed by atoms with Crippen LogP contribution in [0.25, 0.3) is 0 Å². The van der Waals surface area contributed by atoms with Gasteiger partial charge in [-0.25, -0.2) is 4.79 Å². The molecule has 204 valence electrons. The fourth-order valence-corrected chi connectivity index (χ4v) is 2.74. The number of hydrogen-bond acceptors (Lipinski definition) is 9. The van der Waals surface area contributed by atoms with Gasteiger partial charge in [0.15, 0.2) is 0 Å². The SMILES string of the molecule is C[C@H](N)C(=O)NCC(=O)NCC(=O)N[C@@H](CC(=O)O)C(=O)N(C)CC(=O)N[C@@H](CCCCN)C(=O)O. The van der Waals surface area contributed by atoms with Crippen molar-refractivity contribution in [2.45, 2.75) is 50.7 Å². The van der Waals surface area contributed by atoms with Crippen LogP contribution in [0.1, 0.15) is 32.6 Å². The van der Waals surface area contributed by atoms with Gasteiger partial charge in [-0.2, -0.15) is 0 Å². The molecule has 3 atom stereocenters. The van der Waals surface area contributed by atoms with Crippen LogP contribution in [0.4, 0.5) is 0 Å². The topological polar surface area (TPSA) is 263 Å². The lowest BCUT2D eigenvalue weighted by Gasteiger charge is -2.24. The van der Waals surface area contributed by atoms with Gasteiger partial charge in [-0.05, 0) is 32.7 Å². The summed E-state index contributed by atoms with van der Waals surface area (Å²) < 4.78 is 0. The smallest absolute Gasteiger partial charge is 0.326 e. The van der Waals surface area contributed by atoms with Crippen LogP contribution in [0.15, 0.2) is 0 Å². The Balaban J connectivity index is 4.90. The molecule has 0 saturated carbocycles. The number of amides is 5. The summed E-state index contributed by atoms with van der Waals surface area (Å²) in [5.74, 6) is -6.61. The van der Waals surface area contributed by atoms with Crippen LogP contribution in [0.2, 0.25) is 0 Å². The van der Waals surface area contributed by atoms with Gasteiger partial charge in [0.1, 0.15) is 12.1 Å². The fourth-order valence-electron chi connectivity index (χ4n) is 2.74. The predicted octanol–water partition coefficient (Wildman–Crippen LogP) is -4.32. The van der Waals surface area contributed by atoms with Gasteiger partial charge in [0.25, 0.3) is 0 Å². The van der Waals surface area contributed by atoms with E-state index in [1.54, 1.807) is 0 Å². The summed E-state index contributed by atoms with van der Waals surface area (Å²) >= 11 is 0. The van der Waals surface area contributed by atoms with Gasteiger partial charge in [-0.15, -0.1) is 0 Å². The number of unbranched alkanes of at least 4 members (excludes halogenated alkanes) is 1. The number of nitrogens with one attached hydrogen (secondary N) is 4. The Morgan fingerprint density at radius 2 is 1.44 bits per heavy atom. The molecular weight excluding hydrogens is 482 g/mol. The summed E-state index contributed by atoms with van der Waals surface area (Å²) in [5.41, 5.74) is 10.7. The molecule has 0 unspecified atom stereocenters. The molecule has 36 heavy (non-hydrogen) atoms. The average Bonchev–Trinajstić information content (AvgIpc) is 2.78. The minimum absolute atomic E-state index is 0.133. The van der Waals surface area contributed by atoms with Crippen LogP contribution in [0.3, 0.4) is 0 Å². The predicted molar refractivity (Wildman–Crippen MR) is 124 cm³/mol. The maximum atomic E-state index is 12.7. The lowest BCUT2D eigenvalue weighted by Crippen LogP contribution is -2.53. The van der Waals surface area contributed by atoms with Crippen molar-refractivity contribution in [2.24, 2.45) is 11.5 Å². The van der Waals surface area contributed by atoms with Crippen LogP contribution in [0.5, 0.6) is 0 Å². The van der Waals surface area contributed by atoms with E-state index >= 15 is 0 Å². The highest BCUT2D eigenvalue weighted by molar-refractivity contribution is 5.95. The molecule has 0 fully saturated rings.